The summed E-state index contributed by atoms with van der Waals surface area (Å²) in [6, 6.07) is 3.25. The Labute approximate surface area is 104 Å². The first-order valence-electron chi connectivity index (χ1n) is 5.88. The van der Waals surface area contributed by atoms with Gasteiger partial charge >= 0.3 is 6.03 Å². The van der Waals surface area contributed by atoms with Crippen LogP contribution in [0.5, 0.6) is 0 Å². The fourth-order valence-corrected chi connectivity index (χ4v) is 2.01. The van der Waals surface area contributed by atoms with Crippen molar-refractivity contribution in [1.29, 1.82) is 0 Å². The van der Waals surface area contributed by atoms with E-state index in [0.29, 0.717) is 17.6 Å². The Kier molecular flexibility index (Phi) is 2.43. The highest BCUT2D eigenvalue weighted by Gasteiger charge is 2.36. The van der Waals surface area contributed by atoms with E-state index in [0.717, 1.165) is 17.2 Å². The molecule has 0 bridgehead atoms. The number of carbonyl (C=O) groups is 2. The molecule has 1 saturated heterocycles. The van der Waals surface area contributed by atoms with Crippen molar-refractivity contribution in [3.8, 4) is 0 Å². The molecule has 1 saturated carbocycles. The molecule has 1 aromatic rings. The van der Waals surface area contributed by atoms with Gasteiger partial charge in [-0.1, -0.05) is 6.92 Å². The molecule has 6 heteroatoms. The number of hydrogen-bond donors (Lipinski definition) is 1. The smallest absolute Gasteiger partial charge is 0.344 e. The number of rotatable bonds is 3. The van der Waals surface area contributed by atoms with Crippen LogP contribution in [-0.4, -0.2) is 29.7 Å². The van der Waals surface area contributed by atoms with Crippen LogP contribution in [0.1, 0.15) is 30.8 Å². The predicted octanol–water partition coefficient (Wildman–Crippen LogP) is 1.29. The van der Waals surface area contributed by atoms with Crippen LogP contribution < -0.4 is 5.32 Å². The Morgan fingerprint density at radius 2 is 2.28 bits per heavy atom. The molecule has 0 unspecified atom stereocenters. The molecule has 0 spiro atoms. The van der Waals surface area contributed by atoms with Crippen molar-refractivity contribution < 1.29 is 14.0 Å². The minimum atomic E-state index is -0.501. The van der Waals surface area contributed by atoms with Crippen LogP contribution in [0.15, 0.2) is 21.7 Å². The van der Waals surface area contributed by atoms with Gasteiger partial charge < -0.3 is 4.42 Å². The monoisotopic (exact) mass is 247 g/mol. The third kappa shape index (κ3) is 2.01. The largest absolute Gasteiger partial charge is 0.460 e. The van der Waals surface area contributed by atoms with Crippen LogP contribution in [0, 0.1) is 5.92 Å². The standard InChI is InChI=1S/C12H13N3O3/c1-7-4-9(7)10-3-2-8(18-10)5-13-15-6-11(16)14-12(15)17/h2-3,5,7,9H,4,6H2,1H3,(H,14,16,17)/b13-5-/t7-,9-/m1/s1. The van der Waals surface area contributed by atoms with Gasteiger partial charge in [0.1, 0.15) is 18.1 Å². The fourth-order valence-electron chi connectivity index (χ4n) is 2.01. The van der Waals surface area contributed by atoms with Gasteiger partial charge in [-0.25, -0.2) is 9.80 Å². The number of nitrogens with zero attached hydrogens (tertiary/aromatic N) is 2. The Bertz CT molecular complexity index is 534. The molecule has 1 aromatic heterocycles. The highest BCUT2D eigenvalue weighted by Crippen LogP contribution is 2.47. The van der Waals surface area contributed by atoms with Gasteiger partial charge in [-0.05, 0) is 24.5 Å². The first-order valence-corrected chi connectivity index (χ1v) is 5.88. The lowest BCUT2D eigenvalue weighted by atomic mass is 10.3. The van der Waals surface area contributed by atoms with Crippen molar-refractivity contribution in [3.63, 3.8) is 0 Å². The molecule has 3 rings (SSSR count). The topological polar surface area (TPSA) is 74.9 Å². The number of furan rings is 1. The summed E-state index contributed by atoms with van der Waals surface area (Å²) in [5.74, 6) is 2.41. The number of hydrogen-bond acceptors (Lipinski definition) is 4. The molecule has 1 aliphatic heterocycles. The second kappa shape index (κ2) is 3.97. The van der Waals surface area contributed by atoms with Gasteiger partial charge in [-0.15, -0.1) is 0 Å². The Hall–Kier alpha value is -2.11. The minimum Gasteiger partial charge on any atom is -0.460 e. The van der Waals surface area contributed by atoms with E-state index >= 15 is 0 Å². The van der Waals surface area contributed by atoms with Crippen LogP contribution >= 0.6 is 0 Å². The molecule has 2 heterocycles. The van der Waals surface area contributed by atoms with E-state index in [4.69, 9.17) is 4.42 Å². The average molecular weight is 247 g/mol. The second-order valence-electron chi connectivity index (χ2n) is 4.72. The number of carbonyl (C=O) groups excluding carboxylic acids is 2. The molecule has 6 nitrogen and oxygen atoms in total. The Morgan fingerprint density at radius 3 is 2.89 bits per heavy atom. The van der Waals surface area contributed by atoms with Gasteiger partial charge in [0.05, 0.1) is 6.21 Å². The lowest BCUT2D eigenvalue weighted by Gasteiger charge is -2.02. The van der Waals surface area contributed by atoms with Crippen molar-refractivity contribution >= 4 is 18.2 Å². The van der Waals surface area contributed by atoms with Crippen molar-refractivity contribution in [3.05, 3.63) is 23.7 Å². The summed E-state index contributed by atoms with van der Waals surface area (Å²) in [5.41, 5.74) is 0. The second-order valence-corrected chi connectivity index (χ2v) is 4.72. The number of imide groups is 1. The van der Waals surface area contributed by atoms with Gasteiger partial charge in [-0.3, -0.25) is 10.1 Å². The predicted molar refractivity (Wildman–Crippen MR) is 63.1 cm³/mol. The third-order valence-electron chi connectivity index (χ3n) is 3.22. The summed E-state index contributed by atoms with van der Waals surface area (Å²) in [5, 5.41) is 7.14. The summed E-state index contributed by atoms with van der Waals surface area (Å²) >= 11 is 0. The zero-order chi connectivity index (χ0) is 12.7. The van der Waals surface area contributed by atoms with Gasteiger partial charge in [0.15, 0.2) is 0 Å². The van der Waals surface area contributed by atoms with Crippen LogP contribution in [0.4, 0.5) is 4.79 Å². The van der Waals surface area contributed by atoms with E-state index in [2.05, 4.69) is 17.3 Å². The molecule has 2 fully saturated rings. The van der Waals surface area contributed by atoms with E-state index in [1.807, 2.05) is 12.1 Å². The molecular formula is C12H13N3O3. The average Bonchev–Trinajstić information content (AvgIpc) is 2.74. The number of nitrogens with one attached hydrogen (secondary N) is 1. The van der Waals surface area contributed by atoms with E-state index in [1.165, 1.54) is 6.21 Å². The summed E-state index contributed by atoms with van der Waals surface area (Å²) in [6.07, 6.45) is 2.61. The molecule has 18 heavy (non-hydrogen) atoms. The van der Waals surface area contributed by atoms with Gasteiger partial charge in [0, 0.05) is 5.92 Å². The summed E-state index contributed by atoms with van der Waals surface area (Å²) in [7, 11) is 0. The first kappa shape index (κ1) is 11.0. The van der Waals surface area contributed by atoms with Crippen molar-refractivity contribution in [2.24, 2.45) is 11.0 Å². The molecule has 94 valence electrons. The Balaban J connectivity index is 1.67. The number of hydrazone groups is 1. The van der Waals surface area contributed by atoms with E-state index in [1.54, 1.807) is 0 Å². The molecule has 3 amide bonds. The van der Waals surface area contributed by atoms with Gasteiger partial charge in [-0.2, -0.15) is 5.10 Å². The van der Waals surface area contributed by atoms with Crippen LogP contribution in [-0.2, 0) is 4.79 Å². The van der Waals surface area contributed by atoms with E-state index in [9.17, 15) is 9.59 Å². The molecule has 1 aliphatic carbocycles. The zero-order valence-corrected chi connectivity index (χ0v) is 9.92. The molecule has 2 atom stereocenters. The molecule has 0 aromatic carbocycles. The maximum atomic E-state index is 11.2. The van der Waals surface area contributed by atoms with Crippen LogP contribution in [0.3, 0.4) is 0 Å². The quantitative estimate of drug-likeness (QED) is 0.646. The SMILES string of the molecule is C[C@@H]1C[C@H]1c1ccc(/C=N\N2CC(=O)NC2=O)o1. The van der Waals surface area contributed by atoms with Gasteiger partial charge in [0.25, 0.3) is 0 Å². The maximum absolute atomic E-state index is 11.2. The highest BCUT2D eigenvalue weighted by molar-refractivity contribution is 6.02. The van der Waals surface area contributed by atoms with Crippen LogP contribution in [0.2, 0.25) is 0 Å². The molecular weight excluding hydrogens is 234 g/mol. The molecule has 1 N–H and O–H groups in total. The van der Waals surface area contributed by atoms with Crippen LogP contribution in [0.25, 0.3) is 0 Å². The van der Waals surface area contributed by atoms with Gasteiger partial charge in [0.2, 0.25) is 5.91 Å². The summed E-state index contributed by atoms with van der Waals surface area (Å²) in [4.78, 5) is 22.2. The fraction of sp³-hybridized carbons (Fsp3) is 0.417. The Morgan fingerprint density at radius 1 is 1.50 bits per heavy atom. The lowest BCUT2D eigenvalue weighted by Crippen LogP contribution is -2.24. The first-order chi connectivity index (χ1) is 8.63. The normalized spacial score (nSPS) is 27.1. The summed E-state index contributed by atoms with van der Waals surface area (Å²) in [6.45, 7) is 2.14. The summed E-state index contributed by atoms with van der Waals surface area (Å²) < 4.78 is 5.61. The highest BCUT2D eigenvalue weighted by atomic mass is 16.3. The zero-order valence-electron chi connectivity index (χ0n) is 9.92. The molecule has 2 aliphatic rings. The van der Waals surface area contributed by atoms with Crippen molar-refractivity contribution in [2.75, 3.05) is 6.54 Å². The number of urea groups is 1. The van der Waals surface area contributed by atoms with E-state index < -0.39 is 6.03 Å². The van der Waals surface area contributed by atoms with Crippen molar-refractivity contribution in [1.82, 2.24) is 10.3 Å². The minimum absolute atomic E-state index is 0.0391. The molecule has 0 radical (unpaired) electrons. The maximum Gasteiger partial charge on any atom is 0.344 e. The van der Waals surface area contributed by atoms with Crippen molar-refractivity contribution in [2.45, 2.75) is 19.3 Å². The lowest BCUT2D eigenvalue weighted by molar-refractivity contribution is -0.118. The number of amides is 3. The van der Waals surface area contributed by atoms with E-state index in [-0.39, 0.29) is 12.5 Å². The third-order valence-corrected chi connectivity index (χ3v) is 3.22.